The van der Waals surface area contributed by atoms with E-state index < -0.39 is 23.2 Å². The molecule has 0 atom stereocenters. The zero-order valence-corrected chi connectivity index (χ0v) is 12.0. The van der Waals surface area contributed by atoms with Crippen LogP contribution in [0.5, 0.6) is 0 Å². The van der Waals surface area contributed by atoms with Gasteiger partial charge in [-0.1, -0.05) is 18.2 Å². The molecule has 3 rings (SSSR count). The largest absolute Gasteiger partial charge is 0.431 e. The molecule has 0 fully saturated rings. The Balaban J connectivity index is 2.51. The quantitative estimate of drug-likeness (QED) is 0.607. The number of fused-ring (bicyclic) bond motifs is 1. The highest BCUT2D eigenvalue weighted by molar-refractivity contribution is 5.85. The van der Waals surface area contributed by atoms with Gasteiger partial charge in [-0.15, -0.1) is 0 Å². The summed E-state index contributed by atoms with van der Waals surface area (Å²) in [5.74, 6) is -0.681. The van der Waals surface area contributed by atoms with Crippen LogP contribution in [0.25, 0.3) is 16.5 Å². The van der Waals surface area contributed by atoms with Gasteiger partial charge in [-0.3, -0.25) is 9.36 Å². The number of aromatic nitrogens is 1. The molecule has 0 saturated heterocycles. The van der Waals surface area contributed by atoms with Gasteiger partial charge in [-0.25, -0.2) is 4.39 Å². The van der Waals surface area contributed by atoms with Gasteiger partial charge < -0.3 is 0 Å². The predicted octanol–water partition coefficient (Wildman–Crippen LogP) is 4.46. The van der Waals surface area contributed by atoms with Crippen LogP contribution in [0.3, 0.4) is 0 Å². The molecule has 0 aliphatic rings. The molecule has 0 amide bonds. The molecule has 0 bridgehead atoms. The van der Waals surface area contributed by atoms with Gasteiger partial charge in [0.1, 0.15) is 11.5 Å². The molecule has 118 valence electrons. The molecule has 0 N–H and O–H groups in total. The Morgan fingerprint density at radius 2 is 1.65 bits per heavy atom. The number of alkyl halides is 3. The fourth-order valence-corrected chi connectivity index (χ4v) is 2.65. The van der Waals surface area contributed by atoms with Crippen molar-refractivity contribution in [3.63, 3.8) is 0 Å². The monoisotopic (exact) mass is 321 g/mol. The highest BCUT2D eigenvalue weighted by atomic mass is 19.4. The molecular weight excluding hydrogens is 310 g/mol. The average Bonchev–Trinajstić information content (AvgIpc) is 2.46. The number of pyridine rings is 1. The van der Waals surface area contributed by atoms with Gasteiger partial charge in [0.15, 0.2) is 0 Å². The summed E-state index contributed by atoms with van der Waals surface area (Å²) in [5, 5.41) is 0.00950. The molecule has 23 heavy (non-hydrogen) atoms. The molecule has 0 aliphatic heterocycles. The standard InChI is InChI=1S/C17H11F4NO/c1-10-7-12(18)8-11-9-14(17(19,20)21)22(16(23)15(10)11)13-5-3-2-4-6-13/h2-9H,1H3. The van der Waals surface area contributed by atoms with E-state index in [1.165, 1.54) is 19.1 Å². The van der Waals surface area contributed by atoms with Crippen LogP contribution in [0.4, 0.5) is 17.6 Å². The second-order valence-corrected chi connectivity index (χ2v) is 5.19. The van der Waals surface area contributed by atoms with E-state index in [1.807, 2.05) is 0 Å². The van der Waals surface area contributed by atoms with Gasteiger partial charge in [-0.2, -0.15) is 13.2 Å². The van der Waals surface area contributed by atoms with E-state index in [1.54, 1.807) is 18.2 Å². The van der Waals surface area contributed by atoms with Gasteiger partial charge in [-0.05, 0) is 48.2 Å². The summed E-state index contributed by atoms with van der Waals surface area (Å²) in [6.07, 6.45) is -4.75. The Morgan fingerprint density at radius 3 is 2.26 bits per heavy atom. The highest BCUT2D eigenvalue weighted by Gasteiger charge is 2.35. The molecule has 0 spiro atoms. The van der Waals surface area contributed by atoms with Crippen LogP contribution in [-0.2, 0) is 6.18 Å². The summed E-state index contributed by atoms with van der Waals surface area (Å²) < 4.78 is 54.3. The van der Waals surface area contributed by atoms with Crippen molar-refractivity contribution < 1.29 is 17.6 Å². The molecule has 2 nitrogen and oxygen atoms in total. The van der Waals surface area contributed by atoms with Crippen molar-refractivity contribution in [3.05, 3.63) is 76.0 Å². The van der Waals surface area contributed by atoms with E-state index in [2.05, 4.69) is 0 Å². The fraction of sp³-hybridized carbons (Fsp3) is 0.118. The molecule has 3 aromatic rings. The van der Waals surface area contributed by atoms with Crippen LogP contribution in [0.2, 0.25) is 0 Å². The zero-order valence-electron chi connectivity index (χ0n) is 12.0. The Kier molecular flexibility index (Phi) is 3.47. The number of para-hydroxylation sites is 1. The first-order valence-corrected chi connectivity index (χ1v) is 6.77. The summed E-state index contributed by atoms with van der Waals surface area (Å²) in [7, 11) is 0. The third kappa shape index (κ3) is 2.60. The van der Waals surface area contributed by atoms with Crippen LogP contribution < -0.4 is 5.56 Å². The second-order valence-electron chi connectivity index (χ2n) is 5.19. The number of nitrogens with zero attached hydrogens (tertiary/aromatic N) is 1. The van der Waals surface area contributed by atoms with Crippen molar-refractivity contribution >= 4 is 10.8 Å². The van der Waals surface area contributed by atoms with Crippen molar-refractivity contribution in [1.29, 1.82) is 0 Å². The number of hydrogen-bond acceptors (Lipinski definition) is 1. The van der Waals surface area contributed by atoms with Crippen LogP contribution in [0.1, 0.15) is 11.3 Å². The number of hydrogen-bond donors (Lipinski definition) is 0. The third-order valence-electron chi connectivity index (χ3n) is 3.59. The molecule has 1 aromatic heterocycles. The molecule has 2 aromatic carbocycles. The van der Waals surface area contributed by atoms with Gasteiger partial charge in [0.2, 0.25) is 0 Å². The first-order chi connectivity index (χ1) is 10.8. The van der Waals surface area contributed by atoms with Crippen molar-refractivity contribution in [2.75, 3.05) is 0 Å². The van der Waals surface area contributed by atoms with E-state index in [9.17, 15) is 22.4 Å². The lowest BCUT2D eigenvalue weighted by Gasteiger charge is -2.17. The summed E-state index contributed by atoms with van der Waals surface area (Å²) in [5.41, 5.74) is -1.55. The Hall–Kier alpha value is -2.63. The van der Waals surface area contributed by atoms with Crippen molar-refractivity contribution in [3.8, 4) is 5.69 Å². The van der Waals surface area contributed by atoms with Crippen LogP contribution >= 0.6 is 0 Å². The summed E-state index contributed by atoms with van der Waals surface area (Å²) >= 11 is 0. The van der Waals surface area contributed by atoms with Crippen molar-refractivity contribution in [2.24, 2.45) is 0 Å². The van der Waals surface area contributed by atoms with Crippen LogP contribution in [-0.4, -0.2) is 4.57 Å². The van der Waals surface area contributed by atoms with Crippen molar-refractivity contribution in [1.82, 2.24) is 4.57 Å². The lowest BCUT2D eigenvalue weighted by molar-refractivity contribution is -0.142. The normalized spacial score (nSPS) is 11.9. The van der Waals surface area contributed by atoms with E-state index in [4.69, 9.17) is 0 Å². The van der Waals surface area contributed by atoms with E-state index in [0.29, 0.717) is 10.1 Å². The lowest BCUT2D eigenvalue weighted by atomic mass is 10.1. The summed E-state index contributed by atoms with van der Waals surface area (Å²) in [6.45, 7) is 1.50. The molecule has 0 radical (unpaired) electrons. The Labute approximate surface area is 128 Å². The van der Waals surface area contributed by atoms with E-state index in [-0.39, 0.29) is 16.5 Å². The summed E-state index contributed by atoms with van der Waals surface area (Å²) in [6, 6.07) is 10.4. The van der Waals surface area contributed by atoms with Gasteiger partial charge in [0.05, 0.1) is 5.39 Å². The minimum absolute atomic E-state index is 0.0630. The highest BCUT2D eigenvalue weighted by Crippen LogP contribution is 2.32. The molecule has 6 heteroatoms. The average molecular weight is 321 g/mol. The molecule has 0 saturated carbocycles. The third-order valence-corrected chi connectivity index (χ3v) is 3.59. The van der Waals surface area contributed by atoms with Gasteiger partial charge in [0, 0.05) is 5.69 Å². The smallest absolute Gasteiger partial charge is 0.272 e. The van der Waals surface area contributed by atoms with Crippen LogP contribution in [0, 0.1) is 12.7 Å². The Morgan fingerprint density at radius 1 is 1.00 bits per heavy atom. The Bertz CT molecular complexity index is 943. The second kappa shape index (κ2) is 5.22. The number of aryl methyl sites for hydroxylation is 1. The molecule has 1 heterocycles. The van der Waals surface area contributed by atoms with Crippen molar-refractivity contribution in [2.45, 2.75) is 13.1 Å². The number of rotatable bonds is 1. The fourth-order valence-electron chi connectivity index (χ4n) is 2.65. The predicted molar refractivity (Wildman–Crippen MR) is 79.2 cm³/mol. The van der Waals surface area contributed by atoms with E-state index in [0.717, 1.165) is 18.2 Å². The van der Waals surface area contributed by atoms with Gasteiger partial charge >= 0.3 is 6.18 Å². The minimum atomic E-state index is -4.75. The van der Waals surface area contributed by atoms with Crippen LogP contribution in [0.15, 0.2) is 53.3 Å². The van der Waals surface area contributed by atoms with E-state index >= 15 is 0 Å². The summed E-state index contributed by atoms with van der Waals surface area (Å²) in [4.78, 5) is 12.7. The minimum Gasteiger partial charge on any atom is -0.272 e. The maximum Gasteiger partial charge on any atom is 0.431 e. The maximum absolute atomic E-state index is 13.5. The maximum atomic E-state index is 13.5. The lowest BCUT2D eigenvalue weighted by Crippen LogP contribution is -2.27. The SMILES string of the molecule is Cc1cc(F)cc2cc(C(F)(F)F)n(-c3ccccc3)c(=O)c12. The topological polar surface area (TPSA) is 22.0 Å². The molecule has 0 unspecified atom stereocenters. The molecular formula is C17H11F4NO. The first-order valence-electron chi connectivity index (χ1n) is 6.77. The van der Waals surface area contributed by atoms with Gasteiger partial charge in [0.25, 0.3) is 5.56 Å². The zero-order chi connectivity index (χ0) is 16.8. The number of halogens is 4. The first kappa shape index (κ1) is 15.3. The molecule has 0 aliphatic carbocycles. The number of benzene rings is 2.